The van der Waals surface area contributed by atoms with Crippen LogP contribution in [0.1, 0.15) is 44.0 Å². The van der Waals surface area contributed by atoms with Crippen LogP contribution in [0.5, 0.6) is 0 Å². The van der Waals surface area contributed by atoms with Crippen molar-refractivity contribution in [3.05, 3.63) is 41.5 Å². The molecule has 0 spiro atoms. The first-order valence-electron chi connectivity index (χ1n) is 6.94. The highest BCUT2D eigenvalue weighted by atomic mass is 32.2. The summed E-state index contributed by atoms with van der Waals surface area (Å²) in [5.74, 6) is 2.49. The quantitative estimate of drug-likeness (QED) is 0.790. The molecule has 1 N–H and O–H groups in total. The molecule has 1 aromatic carbocycles. The lowest BCUT2D eigenvalue weighted by molar-refractivity contribution is 0.383. The Kier molecular flexibility index (Phi) is 5.61. The van der Waals surface area contributed by atoms with Gasteiger partial charge in [-0.2, -0.15) is 4.98 Å². The number of nitrogens with one attached hydrogen (secondary N) is 1. The first-order valence-corrected chi connectivity index (χ1v) is 7.92. The zero-order valence-corrected chi connectivity index (χ0v) is 13.0. The summed E-state index contributed by atoms with van der Waals surface area (Å²) in [5.41, 5.74) is 1.30. The second-order valence-corrected chi connectivity index (χ2v) is 5.97. The zero-order valence-electron chi connectivity index (χ0n) is 12.2. The number of hydrogen-bond acceptors (Lipinski definition) is 5. The highest BCUT2D eigenvalue weighted by Gasteiger charge is 2.09. The van der Waals surface area contributed by atoms with Crippen molar-refractivity contribution in [2.75, 3.05) is 6.54 Å². The summed E-state index contributed by atoms with van der Waals surface area (Å²) in [6, 6.07) is 8.53. The average Bonchev–Trinajstić information content (AvgIpc) is 2.92. The first kappa shape index (κ1) is 15.1. The van der Waals surface area contributed by atoms with Gasteiger partial charge < -0.3 is 9.84 Å². The van der Waals surface area contributed by atoms with Gasteiger partial charge in [-0.15, -0.1) is 11.8 Å². The molecule has 1 heterocycles. The summed E-state index contributed by atoms with van der Waals surface area (Å²) in [7, 11) is 0. The molecule has 0 atom stereocenters. The van der Waals surface area contributed by atoms with Crippen LogP contribution >= 0.6 is 11.8 Å². The van der Waals surface area contributed by atoms with E-state index in [0.717, 1.165) is 18.9 Å². The Morgan fingerprint density at radius 2 is 2.20 bits per heavy atom. The lowest BCUT2D eigenvalue weighted by Gasteiger charge is -2.04. The van der Waals surface area contributed by atoms with Gasteiger partial charge in [-0.3, -0.25) is 0 Å². The van der Waals surface area contributed by atoms with Crippen molar-refractivity contribution in [1.29, 1.82) is 0 Å². The van der Waals surface area contributed by atoms with E-state index in [2.05, 4.69) is 60.5 Å². The molecule has 5 heteroatoms. The minimum absolute atomic E-state index is 0.306. The molecule has 0 aliphatic heterocycles. The van der Waals surface area contributed by atoms with Crippen LogP contribution in [-0.2, 0) is 12.3 Å². The van der Waals surface area contributed by atoms with Gasteiger partial charge in [-0.25, -0.2) is 0 Å². The predicted molar refractivity (Wildman–Crippen MR) is 81.8 cm³/mol. The molecule has 0 aliphatic rings. The van der Waals surface area contributed by atoms with Crippen molar-refractivity contribution < 1.29 is 4.52 Å². The van der Waals surface area contributed by atoms with Gasteiger partial charge in [0.15, 0.2) is 5.82 Å². The maximum absolute atomic E-state index is 5.25. The maximum Gasteiger partial charge on any atom is 0.237 e. The third-order valence-corrected chi connectivity index (χ3v) is 3.82. The number of nitrogens with zero attached hydrogens (tertiary/aromatic N) is 2. The molecule has 0 saturated carbocycles. The van der Waals surface area contributed by atoms with Crippen molar-refractivity contribution in [3.63, 3.8) is 0 Å². The van der Waals surface area contributed by atoms with Crippen molar-refractivity contribution in [1.82, 2.24) is 15.5 Å². The number of aromatic nitrogens is 2. The zero-order chi connectivity index (χ0) is 14.4. The van der Waals surface area contributed by atoms with Crippen molar-refractivity contribution in [2.45, 2.75) is 43.9 Å². The molecule has 0 aliphatic carbocycles. The molecule has 0 fully saturated rings. The van der Waals surface area contributed by atoms with E-state index in [1.54, 1.807) is 11.8 Å². The van der Waals surface area contributed by atoms with E-state index in [0.29, 0.717) is 17.6 Å². The van der Waals surface area contributed by atoms with Crippen molar-refractivity contribution in [2.24, 2.45) is 0 Å². The van der Waals surface area contributed by atoms with Crippen LogP contribution in [0.15, 0.2) is 33.7 Å². The van der Waals surface area contributed by atoms with Gasteiger partial charge in [0.25, 0.3) is 0 Å². The van der Waals surface area contributed by atoms with E-state index in [4.69, 9.17) is 4.52 Å². The van der Waals surface area contributed by atoms with Crippen LogP contribution < -0.4 is 5.32 Å². The highest BCUT2D eigenvalue weighted by molar-refractivity contribution is 7.98. The summed E-state index contributed by atoms with van der Waals surface area (Å²) >= 11 is 1.72. The van der Waals surface area contributed by atoms with Crippen LogP contribution in [0.25, 0.3) is 0 Å². The SMILES string of the molecule is CCNCc1cccc(SCc2nc(C(C)C)no2)c1. The molecule has 2 aromatic rings. The Morgan fingerprint density at radius 3 is 2.90 bits per heavy atom. The Bertz CT molecular complexity index is 539. The van der Waals surface area contributed by atoms with Gasteiger partial charge in [0.2, 0.25) is 5.89 Å². The van der Waals surface area contributed by atoms with Crippen LogP contribution in [0.4, 0.5) is 0 Å². The van der Waals surface area contributed by atoms with Crippen molar-refractivity contribution in [3.8, 4) is 0 Å². The fourth-order valence-electron chi connectivity index (χ4n) is 1.72. The lowest BCUT2D eigenvalue weighted by Crippen LogP contribution is -2.11. The van der Waals surface area contributed by atoms with Gasteiger partial charge in [-0.1, -0.05) is 38.1 Å². The molecular formula is C15H21N3OS. The summed E-state index contributed by atoms with van der Waals surface area (Å²) in [6.07, 6.45) is 0. The monoisotopic (exact) mass is 291 g/mol. The third-order valence-electron chi connectivity index (χ3n) is 2.84. The minimum atomic E-state index is 0.306. The topological polar surface area (TPSA) is 51.0 Å². The van der Waals surface area contributed by atoms with Gasteiger partial charge >= 0.3 is 0 Å². The largest absolute Gasteiger partial charge is 0.338 e. The molecule has 1 aromatic heterocycles. The van der Waals surface area contributed by atoms with E-state index in [-0.39, 0.29) is 0 Å². The molecule has 20 heavy (non-hydrogen) atoms. The minimum Gasteiger partial charge on any atom is -0.338 e. The van der Waals surface area contributed by atoms with Gasteiger partial charge in [-0.05, 0) is 24.2 Å². The van der Waals surface area contributed by atoms with Gasteiger partial charge in [0.1, 0.15) is 0 Å². The van der Waals surface area contributed by atoms with E-state index in [1.807, 2.05) is 0 Å². The van der Waals surface area contributed by atoms with E-state index in [9.17, 15) is 0 Å². The second kappa shape index (κ2) is 7.45. The molecular weight excluding hydrogens is 270 g/mol. The summed E-state index contributed by atoms with van der Waals surface area (Å²) in [6.45, 7) is 8.12. The third kappa shape index (κ3) is 4.35. The van der Waals surface area contributed by atoms with E-state index < -0.39 is 0 Å². The molecule has 0 bridgehead atoms. The van der Waals surface area contributed by atoms with Crippen molar-refractivity contribution >= 4 is 11.8 Å². The Labute approximate surface area is 124 Å². The molecule has 4 nitrogen and oxygen atoms in total. The maximum atomic E-state index is 5.25. The average molecular weight is 291 g/mol. The van der Waals surface area contributed by atoms with E-state index >= 15 is 0 Å². The standard InChI is InChI=1S/C15H21N3OS/c1-4-16-9-12-6-5-7-13(8-12)20-10-14-17-15(11(2)3)18-19-14/h5-8,11,16H,4,9-10H2,1-3H3. The number of rotatable bonds is 7. The number of benzene rings is 1. The molecule has 0 saturated heterocycles. The number of hydrogen-bond donors (Lipinski definition) is 1. The van der Waals surface area contributed by atoms with Crippen LogP contribution in [0.3, 0.4) is 0 Å². The van der Waals surface area contributed by atoms with E-state index in [1.165, 1.54) is 10.5 Å². The molecule has 2 rings (SSSR count). The fourth-order valence-corrected chi connectivity index (χ4v) is 2.54. The fraction of sp³-hybridized carbons (Fsp3) is 0.467. The molecule has 0 unspecified atom stereocenters. The predicted octanol–water partition coefficient (Wildman–Crippen LogP) is 3.59. The summed E-state index contributed by atoms with van der Waals surface area (Å²) < 4.78 is 5.25. The van der Waals surface area contributed by atoms with Crippen LogP contribution in [0, 0.1) is 0 Å². The normalized spacial score (nSPS) is 11.2. The Hall–Kier alpha value is -1.33. The van der Waals surface area contributed by atoms with Crippen LogP contribution in [-0.4, -0.2) is 16.7 Å². The first-order chi connectivity index (χ1) is 9.69. The summed E-state index contributed by atoms with van der Waals surface area (Å²) in [5, 5.41) is 7.31. The van der Waals surface area contributed by atoms with Crippen LogP contribution in [0.2, 0.25) is 0 Å². The van der Waals surface area contributed by atoms with Gasteiger partial charge in [0.05, 0.1) is 5.75 Å². The Morgan fingerprint density at radius 1 is 1.35 bits per heavy atom. The number of thioether (sulfide) groups is 1. The molecule has 108 valence electrons. The second-order valence-electron chi connectivity index (χ2n) is 4.92. The summed E-state index contributed by atoms with van der Waals surface area (Å²) in [4.78, 5) is 5.61. The lowest BCUT2D eigenvalue weighted by atomic mass is 10.2. The Balaban J connectivity index is 1.92. The van der Waals surface area contributed by atoms with Gasteiger partial charge in [0, 0.05) is 17.4 Å². The molecule has 0 radical (unpaired) electrons. The molecule has 0 amide bonds. The highest BCUT2D eigenvalue weighted by Crippen LogP contribution is 2.23. The smallest absolute Gasteiger partial charge is 0.237 e.